The number of nitrogens with two attached hydrogens (primary N) is 1. The average molecular weight is 196 g/mol. The zero-order valence-electron chi connectivity index (χ0n) is 8.57. The topological polar surface area (TPSA) is 30.9 Å². The van der Waals surface area contributed by atoms with Crippen LogP contribution < -0.4 is 5.73 Å². The van der Waals surface area contributed by atoms with E-state index in [1.54, 1.807) is 0 Å². The Morgan fingerprint density at radius 1 is 0.933 bits per heavy atom. The maximum Gasteiger partial charge on any atom is 0.0509 e. The number of nitrogens with zero attached hydrogens (tertiary/aromatic N) is 1. The fraction of sp³-hybridized carbons (Fsp3) is 0.0769. The van der Waals surface area contributed by atoms with E-state index in [0.717, 1.165) is 11.1 Å². The van der Waals surface area contributed by atoms with E-state index in [1.165, 1.54) is 16.4 Å². The summed E-state index contributed by atoms with van der Waals surface area (Å²) in [6.07, 6.45) is 0. The molecule has 1 heterocycles. The SMILES string of the molecule is Cn1c2ccccc2c2c(N)cccc21. The van der Waals surface area contributed by atoms with E-state index >= 15 is 0 Å². The molecule has 0 unspecified atom stereocenters. The van der Waals surface area contributed by atoms with Crippen molar-refractivity contribution in [3.8, 4) is 0 Å². The maximum absolute atomic E-state index is 6.02. The van der Waals surface area contributed by atoms with Gasteiger partial charge in [0, 0.05) is 29.0 Å². The van der Waals surface area contributed by atoms with Gasteiger partial charge in [-0.05, 0) is 18.2 Å². The molecule has 74 valence electrons. The summed E-state index contributed by atoms with van der Waals surface area (Å²) in [5.74, 6) is 0. The van der Waals surface area contributed by atoms with Gasteiger partial charge in [-0.25, -0.2) is 0 Å². The van der Waals surface area contributed by atoms with E-state index < -0.39 is 0 Å². The Bertz CT molecular complexity index is 650. The second-order valence-corrected chi connectivity index (χ2v) is 3.82. The van der Waals surface area contributed by atoms with Gasteiger partial charge in [0.25, 0.3) is 0 Å². The number of fused-ring (bicyclic) bond motifs is 3. The highest BCUT2D eigenvalue weighted by Gasteiger charge is 2.08. The third-order valence-electron chi connectivity index (χ3n) is 2.97. The van der Waals surface area contributed by atoms with E-state index in [2.05, 4.69) is 35.9 Å². The molecule has 0 bridgehead atoms. The van der Waals surface area contributed by atoms with Crippen molar-refractivity contribution in [2.24, 2.45) is 7.05 Å². The van der Waals surface area contributed by atoms with Gasteiger partial charge in [0.1, 0.15) is 0 Å². The van der Waals surface area contributed by atoms with Crippen molar-refractivity contribution in [1.82, 2.24) is 4.57 Å². The van der Waals surface area contributed by atoms with E-state index in [1.807, 2.05) is 18.2 Å². The lowest BCUT2D eigenvalue weighted by molar-refractivity contribution is 1.01. The molecular formula is C13H12N2. The molecular weight excluding hydrogens is 184 g/mol. The molecule has 2 heteroatoms. The van der Waals surface area contributed by atoms with Crippen LogP contribution in [0.2, 0.25) is 0 Å². The minimum Gasteiger partial charge on any atom is -0.398 e. The van der Waals surface area contributed by atoms with Crippen LogP contribution >= 0.6 is 0 Å². The molecule has 2 nitrogen and oxygen atoms in total. The van der Waals surface area contributed by atoms with Crippen LogP contribution in [0.3, 0.4) is 0 Å². The molecule has 3 aromatic rings. The lowest BCUT2D eigenvalue weighted by Gasteiger charge is -1.97. The Morgan fingerprint density at radius 2 is 1.67 bits per heavy atom. The third kappa shape index (κ3) is 0.988. The Balaban J connectivity index is 2.70. The molecule has 0 radical (unpaired) electrons. The highest BCUT2D eigenvalue weighted by atomic mass is 14.9. The first kappa shape index (κ1) is 8.36. The molecule has 1 aromatic heterocycles. The first-order valence-corrected chi connectivity index (χ1v) is 5.00. The number of hydrogen-bond acceptors (Lipinski definition) is 1. The number of anilines is 1. The van der Waals surface area contributed by atoms with Gasteiger partial charge in [-0.1, -0.05) is 24.3 Å². The van der Waals surface area contributed by atoms with Crippen molar-refractivity contribution < 1.29 is 0 Å². The molecule has 0 aliphatic rings. The van der Waals surface area contributed by atoms with Gasteiger partial charge in [0.05, 0.1) is 5.52 Å². The van der Waals surface area contributed by atoms with Gasteiger partial charge in [-0.2, -0.15) is 0 Å². The molecule has 0 atom stereocenters. The van der Waals surface area contributed by atoms with Crippen molar-refractivity contribution in [3.63, 3.8) is 0 Å². The second kappa shape index (κ2) is 2.76. The molecule has 0 spiro atoms. The van der Waals surface area contributed by atoms with Crippen molar-refractivity contribution in [2.75, 3.05) is 5.73 Å². The Labute approximate surface area is 87.9 Å². The highest BCUT2D eigenvalue weighted by Crippen LogP contribution is 2.31. The van der Waals surface area contributed by atoms with Crippen molar-refractivity contribution in [3.05, 3.63) is 42.5 Å². The van der Waals surface area contributed by atoms with Crippen LogP contribution in [0.4, 0.5) is 5.69 Å². The zero-order valence-corrected chi connectivity index (χ0v) is 8.57. The average Bonchev–Trinajstić information content (AvgIpc) is 2.55. The summed E-state index contributed by atoms with van der Waals surface area (Å²) in [5, 5.41) is 2.39. The fourth-order valence-electron chi connectivity index (χ4n) is 2.24. The predicted octanol–water partition coefficient (Wildman–Crippen LogP) is 2.91. The number of hydrogen-bond donors (Lipinski definition) is 1. The largest absolute Gasteiger partial charge is 0.398 e. The molecule has 2 aromatic carbocycles. The number of para-hydroxylation sites is 1. The summed E-state index contributed by atoms with van der Waals surface area (Å²) in [4.78, 5) is 0. The lowest BCUT2D eigenvalue weighted by atomic mass is 10.1. The van der Waals surface area contributed by atoms with Crippen LogP contribution in [0.1, 0.15) is 0 Å². The number of rotatable bonds is 0. The number of nitrogen functional groups attached to an aromatic ring is 1. The van der Waals surface area contributed by atoms with Gasteiger partial charge in [-0.15, -0.1) is 0 Å². The Hall–Kier alpha value is -1.96. The summed E-state index contributed by atoms with van der Waals surface area (Å²) in [5.41, 5.74) is 9.29. The zero-order chi connectivity index (χ0) is 10.4. The Kier molecular flexibility index (Phi) is 1.54. The van der Waals surface area contributed by atoms with E-state index in [0.29, 0.717) is 0 Å². The predicted molar refractivity (Wildman–Crippen MR) is 64.8 cm³/mol. The van der Waals surface area contributed by atoms with Crippen molar-refractivity contribution in [2.45, 2.75) is 0 Å². The minimum atomic E-state index is 0.851. The van der Waals surface area contributed by atoms with Gasteiger partial charge >= 0.3 is 0 Å². The minimum absolute atomic E-state index is 0.851. The van der Waals surface area contributed by atoms with Gasteiger partial charge in [0.2, 0.25) is 0 Å². The second-order valence-electron chi connectivity index (χ2n) is 3.82. The molecule has 0 aliphatic carbocycles. The third-order valence-corrected chi connectivity index (χ3v) is 2.97. The quantitative estimate of drug-likeness (QED) is 0.551. The van der Waals surface area contributed by atoms with Crippen molar-refractivity contribution >= 4 is 27.5 Å². The summed E-state index contributed by atoms with van der Waals surface area (Å²) < 4.78 is 2.18. The molecule has 0 aliphatic heterocycles. The maximum atomic E-state index is 6.02. The van der Waals surface area contributed by atoms with Crippen LogP contribution in [-0.4, -0.2) is 4.57 Å². The molecule has 0 amide bonds. The smallest absolute Gasteiger partial charge is 0.0509 e. The van der Waals surface area contributed by atoms with E-state index in [-0.39, 0.29) is 0 Å². The highest BCUT2D eigenvalue weighted by molar-refractivity contribution is 6.13. The molecule has 2 N–H and O–H groups in total. The first-order chi connectivity index (χ1) is 7.29. The van der Waals surface area contributed by atoms with Crippen LogP contribution in [0.5, 0.6) is 0 Å². The number of aryl methyl sites for hydroxylation is 1. The monoisotopic (exact) mass is 196 g/mol. The summed E-state index contributed by atoms with van der Waals surface area (Å²) in [6.45, 7) is 0. The van der Waals surface area contributed by atoms with Crippen LogP contribution in [0.15, 0.2) is 42.5 Å². The lowest BCUT2D eigenvalue weighted by Crippen LogP contribution is -1.87. The summed E-state index contributed by atoms with van der Waals surface area (Å²) >= 11 is 0. The van der Waals surface area contributed by atoms with E-state index in [4.69, 9.17) is 5.73 Å². The normalized spacial score (nSPS) is 11.3. The molecule has 15 heavy (non-hydrogen) atoms. The number of aromatic nitrogens is 1. The Morgan fingerprint density at radius 3 is 2.53 bits per heavy atom. The molecule has 3 rings (SSSR count). The molecule has 0 fully saturated rings. The first-order valence-electron chi connectivity index (χ1n) is 5.00. The van der Waals surface area contributed by atoms with E-state index in [9.17, 15) is 0 Å². The van der Waals surface area contributed by atoms with Crippen molar-refractivity contribution in [1.29, 1.82) is 0 Å². The summed E-state index contributed by atoms with van der Waals surface area (Å²) in [6, 6.07) is 14.4. The number of benzene rings is 2. The van der Waals surface area contributed by atoms with Gasteiger partial charge < -0.3 is 10.3 Å². The van der Waals surface area contributed by atoms with Crippen LogP contribution in [0.25, 0.3) is 21.8 Å². The molecule has 0 saturated heterocycles. The van der Waals surface area contributed by atoms with Gasteiger partial charge in [0.15, 0.2) is 0 Å². The van der Waals surface area contributed by atoms with Gasteiger partial charge in [-0.3, -0.25) is 0 Å². The summed E-state index contributed by atoms with van der Waals surface area (Å²) in [7, 11) is 2.07. The van der Waals surface area contributed by atoms with Crippen LogP contribution in [-0.2, 0) is 7.05 Å². The van der Waals surface area contributed by atoms with Crippen LogP contribution in [0, 0.1) is 0 Å². The standard InChI is InChI=1S/C13H12N2/c1-15-11-7-3-2-5-9(11)13-10(14)6-4-8-12(13)15/h2-8H,14H2,1H3. The molecule has 0 saturated carbocycles. The fourth-order valence-corrected chi connectivity index (χ4v) is 2.24.